The maximum atomic E-state index is 11.9. The number of benzene rings is 2. The third kappa shape index (κ3) is 3.69. The predicted molar refractivity (Wildman–Crippen MR) is 86.9 cm³/mol. The van der Waals surface area contributed by atoms with Gasteiger partial charge >= 0.3 is 5.97 Å². The first-order valence-electron chi connectivity index (χ1n) is 7.19. The molecule has 3 rings (SSSR count). The summed E-state index contributed by atoms with van der Waals surface area (Å²) in [5, 5.41) is 11.2. The summed E-state index contributed by atoms with van der Waals surface area (Å²) in [6.07, 6.45) is 2.40. The van der Waals surface area contributed by atoms with Crippen molar-refractivity contribution in [2.75, 3.05) is 13.9 Å². The molecule has 1 aliphatic heterocycles. The van der Waals surface area contributed by atoms with Gasteiger partial charge in [0.25, 0.3) is 5.69 Å². The van der Waals surface area contributed by atoms with Gasteiger partial charge in [-0.25, -0.2) is 4.79 Å². The Balaban J connectivity index is 1.76. The Morgan fingerprint density at radius 1 is 1.16 bits per heavy atom. The first-order chi connectivity index (χ1) is 12.1. The lowest BCUT2D eigenvalue weighted by Gasteiger charge is -2.03. The maximum absolute atomic E-state index is 11.9. The Bertz CT molecular complexity index is 843. The summed E-state index contributed by atoms with van der Waals surface area (Å²) in [6, 6.07) is 9.15. The average Bonchev–Trinajstić information content (AvgIpc) is 3.07. The molecule has 2 aromatic carbocycles. The molecule has 0 spiro atoms. The highest BCUT2D eigenvalue weighted by atomic mass is 16.7. The summed E-state index contributed by atoms with van der Waals surface area (Å²) in [5.74, 6) is 0.970. The van der Waals surface area contributed by atoms with Crippen LogP contribution in [-0.2, 0) is 4.79 Å². The fraction of sp³-hybridized carbons (Fsp3) is 0.118. The van der Waals surface area contributed by atoms with E-state index in [0.29, 0.717) is 23.0 Å². The van der Waals surface area contributed by atoms with E-state index >= 15 is 0 Å². The van der Waals surface area contributed by atoms with Crippen LogP contribution in [0.5, 0.6) is 23.0 Å². The molecule has 0 aliphatic carbocycles. The number of rotatable bonds is 5. The third-order valence-electron chi connectivity index (χ3n) is 3.40. The molecule has 0 saturated carbocycles. The van der Waals surface area contributed by atoms with Crippen molar-refractivity contribution in [2.45, 2.75) is 0 Å². The van der Waals surface area contributed by atoms with Crippen LogP contribution in [0.4, 0.5) is 5.69 Å². The Morgan fingerprint density at radius 3 is 2.44 bits per heavy atom. The number of fused-ring (bicyclic) bond motifs is 1. The SMILES string of the molecule is COc1ccc(OC(=O)/C=C/c2cc3c(cc2[N+](=O)[O-])OCO3)cc1. The highest BCUT2D eigenvalue weighted by Gasteiger charge is 2.22. The molecule has 25 heavy (non-hydrogen) atoms. The van der Waals surface area contributed by atoms with Gasteiger partial charge < -0.3 is 18.9 Å². The van der Waals surface area contributed by atoms with Crippen LogP contribution in [0.25, 0.3) is 6.08 Å². The number of esters is 1. The molecule has 2 aromatic rings. The van der Waals surface area contributed by atoms with Crippen molar-refractivity contribution in [3.63, 3.8) is 0 Å². The van der Waals surface area contributed by atoms with Gasteiger partial charge in [-0.1, -0.05) is 0 Å². The van der Waals surface area contributed by atoms with Gasteiger partial charge in [0.2, 0.25) is 6.79 Å². The molecule has 0 radical (unpaired) electrons. The van der Waals surface area contributed by atoms with Crippen molar-refractivity contribution >= 4 is 17.7 Å². The lowest BCUT2D eigenvalue weighted by atomic mass is 10.1. The Hall–Kier alpha value is -3.55. The topological polar surface area (TPSA) is 97.1 Å². The van der Waals surface area contributed by atoms with Crippen molar-refractivity contribution in [1.29, 1.82) is 0 Å². The van der Waals surface area contributed by atoms with Crippen LogP contribution >= 0.6 is 0 Å². The van der Waals surface area contributed by atoms with Crippen LogP contribution in [0.2, 0.25) is 0 Å². The number of hydrogen-bond acceptors (Lipinski definition) is 7. The predicted octanol–water partition coefficient (Wildman–Crippen LogP) is 2.95. The molecular formula is C17H13NO7. The number of carbonyl (C=O) groups excluding carboxylic acids is 1. The number of methoxy groups -OCH3 is 1. The van der Waals surface area contributed by atoms with Gasteiger partial charge in [-0.15, -0.1) is 0 Å². The van der Waals surface area contributed by atoms with E-state index in [1.807, 2.05) is 0 Å². The van der Waals surface area contributed by atoms with Crippen molar-refractivity contribution in [3.8, 4) is 23.0 Å². The number of ether oxygens (including phenoxy) is 4. The standard InChI is InChI=1S/C17H13NO7/c1-22-12-3-5-13(6-4-12)25-17(19)7-2-11-8-15-16(24-10-23-15)9-14(11)18(20)21/h2-9H,10H2,1H3/b7-2+. The molecular weight excluding hydrogens is 330 g/mol. The summed E-state index contributed by atoms with van der Waals surface area (Å²) in [6.45, 7) is -0.000827. The summed E-state index contributed by atoms with van der Waals surface area (Å²) in [7, 11) is 1.53. The molecule has 1 aliphatic rings. The van der Waals surface area contributed by atoms with Crippen LogP contribution in [0.1, 0.15) is 5.56 Å². The van der Waals surface area contributed by atoms with E-state index in [-0.39, 0.29) is 18.0 Å². The lowest BCUT2D eigenvalue weighted by molar-refractivity contribution is -0.385. The molecule has 0 aromatic heterocycles. The summed E-state index contributed by atoms with van der Waals surface area (Å²) < 4.78 is 20.4. The van der Waals surface area contributed by atoms with Crippen molar-refractivity contribution in [3.05, 3.63) is 58.2 Å². The number of nitrogens with zero attached hydrogens (tertiary/aromatic N) is 1. The van der Waals surface area contributed by atoms with E-state index in [1.54, 1.807) is 24.3 Å². The van der Waals surface area contributed by atoms with Crippen molar-refractivity contribution in [2.24, 2.45) is 0 Å². The van der Waals surface area contributed by atoms with E-state index in [0.717, 1.165) is 6.08 Å². The summed E-state index contributed by atoms with van der Waals surface area (Å²) in [4.78, 5) is 22.5. The van der Waals surface area contributed by atoms with E-state index in [1.165, 1.54) is 25.3 Å². The quantitative estimate of drug-likeness (QED) is 0.271. The van der Waals surface area contributed by atoms with Crippen LogP contribution < -0.4 is 18.9 Å². The molecule has 0 amide bonds. The van der Waals surface area contributed by atoms with Crippen LogP contribution in [0.15, 0.2) is 42.5 Å². The fourth-order valence-corrected chi connectivity index (χ4v) is 2.19. The second kappa shape index (κ2) is 6.91. The van der Waals surface area contributed by atoms with Crippen LogP contribution in [-0.4, -0.2) is 24.8 Å². The van der Waals surface area contributed by atoms with E-state index in [4.69, 9.17) is 18.9 Å². The number of nitro benzene ring substituents is 1. The molecule has 0 unspecified atom stereocenters. The van der Waals surface area contributed by atoms with Crippen molar-refractivity contribution in [1.82, 2.24) is 0 Å². The van der Waals surface area contributed by atoms with E-state index in [2.05, 4.69) is 0 Å². The van der Waals surface area contributed by atoms with Gasteiger partial charge in [0.1, 0.15) is 11.5 Å². The number of hydrogen-bond donors (Lipinski definition) is 0. The molecule has 0 bridgehead atoms. The van der Waals surface area contributed by atoms with Crippen LogP contribution in [0.3, 0.4) is 0 Å². The molecule has 128 valence electrons. The normalized spacial score (nSPS) is 12.2. The fourth-order valence-electron chi connectivity index (χ4n) is 2.19. The highest BCUT2D eigenvalue weighted by Crippen LogP contribution is 2.38. The smallest absolute Gasteiger partial charge is 0.336 e. The minimum Gasteiger partial charge on any atom is -0.497 e. The zero-order valence-electron chi connectivity index (χ0n) is 13.1. The van der Waals surface area contributed by atoms with Gasteiger partial charge in [-0.3, -0.25) is 10.1 Å². The van der Waals surface area contributed by atoms with E-state index in [9.17, 15) is 14.9 Å². The minimum atomic E-state index is -0.669. The number of carbonyl (C=O) groups is 1. The summed E-state index contributed by atoms with van der Waals surface area (Å²) >= 11 is 0. The maximum Gasteiger partial charge on any atom is 0.336 e. The lowest BCUT2D eigenvalue weighted by Crippen LogP contribution is -2.03. The van der Waals surface area contributed by atoms with Crippen molar-refractivity contribution < 1.29 is 28.7 Å². The zero-order valence-corrected chi connectivity index (χ0v) is 13.1. The van der Waals surface area contributed by atoms with Gasteiger partial charge in [0.05, 0.1) is 23.7 Å². The third-order valence-corrected chi connectivity index (χ3v) is 3.40. The Labute approximate surface area is 142 Å². The molecule has 0 saturated heterocycles. The second-order valence-electron chi connectivity index (χ2n) is 4.95. The molecule has 8 heteroatoms. The summed E-state index contributed by atoms with van der Waals surface area (Å²) in [5.41, 5.74) is 0.0127. The molecule has 0 fully saturated rings. The van der Waals surface area contributed by atoms with E-state index < -0.39 is 10.9 Å². The molecule has 0 N–H and O–H groups in total. The monoisotopic (exact) mass is 343 g/mol. The Morgan fingerprint density at radius 2 is 1.80 bits per heavy atom. The molecule has 8 nitrogen and oxygen atoms in total. The van der Waals surface area contributed by atoms with Gasteiger partial charge in [0.15, 0.2) is 11.5 Å². The highest BCUT2D eigenvalue weighted by molar-refractivity contribution is 5.89. The minimum absolute atomic E-state index is 0.000827. The number of nitro groups is 1. The largest absolute Gasteiger partial charge is 0.497 e. The Kier molecular flexibility index (Phi) is 4.51. The zero-order chi connectivity index (χ0) is 17.8. The van der Waals surface area contributed by atoms with Gasteiger partial charge in [-0.05, 0) is 36.4 Å². The first-order valence-corrected chi connectivity index (χ1v) is 7.19. The molecule has 1 heterocycles. The second-order valence-corrected chi connectivity index (χ2v) is 4.95. The average molecular weight is 343 g/mol. The first kappa shape index (κ1) is 16.3. The van der Waals surface area contributed by atoms with Crippen LogP contribution in [0, 0.1) is 10.1 Å². The molecule has 0 atom stereocenters. The van der Waals surface area contributed by atoms with Gasteiger partial charge in [0, 0.05) is 6.08 Å². The van der Waals surface area contributed by atoms with Gasteiger partial charge in [-0.2, -0.15) is 0 Å².